The Morgan fingerprint density at radius 2 is 1.93 bits per heavy atom. The van der Waals surface area contributed by atoms with Gasteiger partial charge in [-0.05, 0) is 35.6 Å². The largest absolute Gasteiger partial charge is 0.440 e. The molecule has 1 heterocycles. The van der Waals surface area contributed by atoms with Gasteiger partial charge >= 0.3 is 5.97 Å². The zero-order chi connectivity index (χ0) is 20.3. The monoisotopic (exact) mass is 416 g/mol. The van der Waals surface area contributed by atoms with Crippen molar-refractivity contribution in [3.8, 4) is 17.7 Å². The molecule has 1 aliphatic rings. The molecule has 1 aromatic heterocycles. The number of benzene rings is 1. The van der Waals surface area contributed by atoms with Crippen LogP contribution in [-0.4, -0.2) is 11.0 Å². The van der Waals surface area contributed by atoms with Gasteiger partial charge in [0.15, 0.2) is 0 Å². The number of nitrogens with zero attached hydrogens (tertiary/aromatic N) is 2. The molecule has 0 N–H and O–H groups in total. The van der Waals surface area contributed by atoms with Crippen molar-refractivity contribution in [2.45, 2.75) is 20.0 Å². The Morgan fingerprint density at radius 1 is 1.21 bits per heavy atom. The number of para-hydroxylation sites is 1. The van der Waals surface area contributed by atoms with E-state index in [4.69, 9.17) is 32.7 Å². The minimum Gasteiger partial charge on any atom is -0.440 e. The molecule has 5 nitrogen and oxygen atoms in total. The van der Waals surface area contributed by atoms with Gasteiger partial charge in [0.25, 0.3) is 0 Å². The maximum Gasteiger partial charge on any atom is 0.311 e. The summed E-state index contributed by atoms with van der Waals surface area (Å²) in [6.07, 6.45) is 0.488. The maximum absolute atomic E-state index is 12.6. The number of ether oxygens (including phenoxy) is 2. The lowest BCUT2D eigenvalue weighted by molar-refractivity contribution is -0.149. The van der Waals surface area contributed by atoms with Crippen LogP contribution in [0.3, 0.4) is 0 Å². The summed E-state index contributed by atoms with van der Waals surface area (Å²) in [6, 6.07) is 16.1. The van der Waals surface area contributed by atoms with Crippen molar-refractivity contribution in [2.24, 2.45) is 17.3 Å². The van der Waals surface area contributed by atoms with E-state index in [1.165, 1.54) is 0 Å². The zero-order valence-electron chi connectivity index (χ0n) is 15.3. The fraction of sp³-hybridized carbons (Fsp3) is 0.286. The van der Waals surface area contributed by atoms with Gasteiger partial charge in [-0.1, -0.05) is 61.3 Å². The van der Waals surface area contributed by atoms with Crippen LogP contribution in [0.25, 0.3) is 0 Å². The van der Waals surface area contributed by atoms with E-state index in [1.807, 2.05) is 38.1 Å². The summed E-state index contributed by atoms with van der Waals surface area (Å²) in [4.78, 5) is 16.9. The molecule has 7 heteroatoms. The molecule has 144 valence electrons. The van der Waals surface area contributed by atoms with Gasteiger partial charge in [-0.25, -0.2) is 4.98 Å². The zero-order valence-corrected chi connectivity index (χ0v) is 16.8. The predicted octanol–water partition coefficient (Wildman–Crippen LogP) is 5.57. The van der Waals surface area contributed by atoms with Crippen LogP contribution in [0, 0.1) is 28.6 Å². The Balaban J connectivity index is 1.72. The van der Waals surface area contributed by atoms with Crippen LogP contribution in [0.1, 0.15) is 25.6 Å². The van der Waals surface area contributed by atoms with E-state index in [0.29, 0.717) is 17.3 Å². The molecule has 1 saturated carbocycles. The maximum atomic E-state index is 12.6. The van der Waals surface area contributed by atoms with Crippen molar-refractivity contribution >= 4 is 29.2 Å². The number of halogens is 2. The Bertz CT molecular complexity index is 934. The number of esters is 1. The lowest BCUT2D eigenvalue weighted by Gasteiger charge is -2.12. The van der Waals surface area contributed by atoms with E-state index in [-0.39, 0.29) is 15.8 Å². The second kappa shape index (κ2) is 8.22. The molecule has 2 aromatic rings. The fourth-order valence-corrected chi connectivity index (χ4v) is 3.43. The van der Waals surface area contributed by atoms with E-state index < -0.39 is 18.0 Å². The molecule has 1 unspecified atom stereocenters. The van der Waals surface area contributed by atoms with Gasteiger partial charge in [-0.2, -0.15) is 5.26 Å². The van der Waals surface area contributed by atoms with Crippen molar-refractivity contribution < 1.29 is 14.3 Å². The summed E-state index contributed by atoms with van der Waals surface area (Å²) in [5.41, 5.74) is -0.0390. The average Bonchev–Trinajstić information content (AvgIpc) is 3.20. The van der Waals surface area contributed by atoms with E-state index in [0.717, 1.165) is 0 Å². The Hall–Kier alpha value is -2.55. The Morgan fingerprint density at radius 3 is 2.57 bits per heavy atom. The molecular formula is C21H18Cl2N2O3. The molecule has 3 atom stereocenters. The second-order valence-corrected chi connectivity index (χ2v) is 8.05. The molecule has 28 heavy (non-hydrogen) atoms. The normalized spacial score (nSPS) is 20.4. The number of hydrogen-bond donors (Lipinski definition) is 0. The predicted molar refractivity (Wildman–Crippen MR) is 106 cm³/mol. The highest BCUT2D eigenvalue weighted by Crippen LogP contribution is 2.60. The van der Waals surface area contributed by atoms with Crippen LogP contribution in [0.15, 0.2) is 59.1 Å². The number of allylic oxidation sites excluding steroid dienone is 1. The van der Waals surface area contributed by atoms with E-state index >= 15 is 0 Å². The van der Waals surface area contributed by atoms with Crippen molar-refractivity contribution in [1.82, 2.24) is 4.98 Å². The summed E-state index contributed by atoms with van der Waals surface area (Å²) >= 11 is 11.4. The summed E-state index contributed by atoms with van der Waals surface area (Å²) < 4.78 is 11.2. The average molecular weight is 417 g/mol. The first-order valence-electron chi connectivity index (χ1n) is 8.65. The second-order valence-electron chi connectivity index (χ2n) is 7.04. The molecule has 0 saturated heterocycles. The van der Waals surface area contributed by atoms with Gasteiger partial charge in [-0.3, -0.25) is 4.79 Å². The highest BCUT2D eigenvalue weighted by atomic mass is 35.5. The lowest BCUT2D eigenvalue weighted by atomic mass is 10.1. The summed E-state index contributed by atoms with van der Waals surface area (Å²) in [6.45, 7) is 3.84. The summed E-state index contributed by atoms with van der Waals surface area (Å²) in [5, 5.41) is 9.49. The van der Waals surface area contributed by atoms with Gasteiger partial charge < -0.3 is 9.47 Å². The number of carbonyl (C=O) groups is 1. The molecule has 0 amide bonds. The number of aromatic nitrogens is 1. The van der Waals surface area contributed by atoms with Gasteiger partial charge in [0.1, 0.15) is 16.3 Å². The molecule has 0 radical (unpaired) electrons. The van der Waals surface area contributed by atoms with Gasteiger partial charge in [0, 0.05) is 6.07 Å². The van der Waals surface area contributed by atoms with E-state index in [1.54, 1.807) is 36.4 Å². The molecule has 1 aromatic carbocycles. The molecule has 0 aliphatic heterocycles. The van der Waals surface area contributed by atoms with Gasteiger partial charge in [-0.15, -0.1) is 0 Å². The van der Waals surface area contributed by atoms with Gasteiger partial charge in [0.05, 0.1) is 11.6 Å². The Kier molecular flexibility index (Phi) is 5.93. The van der Waals surface area contributed by atoms with Crippen LogP contribution >= 0.6 is 23.2 Å². The SMILES string of the molecule is CC1(C)[C@H](C=C(Cl)Cl)[C@H]1C(=O)OC(C#N)c1cccc(Oc2ccccc2)n1. The van der Waals surface area contributed by atoms with Crippen molar-refractivity contribution in [3.05, 3.63) is 64.8 Å². The van der Waals surface area contributed by atoms with E-state index in [2.05, 4.69) is 4.98 Å². The minimum atomic E-state index is -1.14. The van der Waals surface area contributed by atoms with Gasteiger partial charge in [0.2, 0.25) is 12.0 Å². The summed E-state index contributed by atoms with van der Waals surface area (Å²) in [7, 11) is 0. The molecular weight excluding hydrogens is 399 g/mol. The third-order valence-electron chi connectivity index (χ3n) is 4.80. The topological polar surface area (TPSA) is 72.2 Å². The number of pyridine rings is 1. The number of carbonyl (C=O) groups excluding carboxylic acids is 1. The highest BCUT2D eigenvalue weighted by molar-refractivity contribution is 6.55. The first-order chi connectivity index (χ1) is 13.3. The molecule has 1 aliphatic carbocycles. The van der Waals surface area contributed by atoms with Crippen molar-refractivity contribution in [3.63, 3.8) is 0 Å². The molecule has 1 fully saturated rings. The third kappa shape index (κ3) is 4.46. The fourth-order valence-electron chi connectivity index (χ4n) is 3.16. The number of hydrogen-bond acceptors (Lipinski definition) is 5. The first-order valence-corrected chi connectivity index (χ1v) is 9.41. The van der Waals surface area contributed by atoms with Crippen LogP contribution in [0.4, 0.5) is 0 Å². The summed E-state index contributed by atoms with van der Waals surface area (Å²) in [5.74, 6) is -0.111. The molecule has 0 spiro atoms. The smallest absolute Gasteiger partial charge is 0.311 e. The van der Waals surface area contributed by atoms with Crippen LogP contribution < -0.4 is 4.74 Å². The van der Waals surface area contributed by atoms with Crippen molar-refractivity contribution in [1.29, 1.82) is 5.26 Å². The van der Waals surface area contributed by atoms with Crippen LogP contribution in [0.2, 0.25) is 0 Å². The van der Waals surface area contributed by atoms with Crippen LogP contribution in [-0.2, 0) is 9.53 Å². The first kappa shape index (κ1) is 20.2. The number of nitriles is 1. The highest BCUT2D eigenvalue weighted by Gasteiger charge is 2.62. The van der Waals surface area contributed by atoms with Crippen molar-refractivity contribution in [2.75, 3.05) is 0 Å². The third-order valence-corrected chi connectivity index (χ3v) is 5.05. The van der Waals surface area contributed by atoms with Crippen LogP contribution in [0.5, 0.6) is 11.6 Å². The minimum absolute atomic E-state index is 0.109. The Labute approximate surface area is 173 Å². The van der Waals surface area contributed by atoms with E-state index in [9.17, 15) is 10.1 Å². The molecule has 3 rings (SSSR count). The standard InChI is InChI=1S/C21H18Cl2N2O3/c1-21(2)14(11-17(22)23)19(21)20(26)28-16(12-24)15-9-6-10-18(25-15)27-13-7-4-3-5-8-13/h3-11,14,16,19H,1-2H3/t14-,16?,19+/m1/s1. The lowest BCUT2D eigenvalue weighted by Crippen LogP contribution is -2.15. The quantitative estimate of drug-likeness (QED) is 0.575. The number of rotatable bonds is 6. The molecule has 0 bridgehead atoms.